The smallest absolute Gasteiger partial charge is 0.343 e. The summed E-state index contributed by atoms with van der Waals surface area (Å²) < 4.78 is 13.4. The molecule has 0 atom stereocenters. The van der Waals surface area contributed by atoms with E-state index in [1.54, 1.807) is 18.5 Å². The van der Waals surface area contributed by atoms with E-state index in [2.05, 4.69) is 10.1 Å². The molecule has 2 N–H and O–H groups in total. The first-order valence-electron chi connectivity index (χ1n) is 9.47. The van der Waals surface area contributed by atoms with Crippen LogP contribution in [0, 0.1) is 13.8 Å². The van der Waals surface area contributed by atoms with Crippen molar-refractivity contribution in [3.05, 3.63) is 53.3 Å². The summed E-state index contributed by atoms with van der Waals surface area (Å²) in [6, 6.07) is 9.48. The maximum atomic E-state index is 12.1. The summed E-state index contributed by atoms with van der Waals surface area (Å²) in [5, 5.41) is 9.07. The van der Waals surface area contributed by atoms with Gasteiger partial charge in [0.25, 0.3) is 0 Å². The molecular formula is C21H22N6O3. The molecule has 30 heavy (non-hydrogen) atoms. The lowest BCUT2D eigenvalue weighted by atomic mass is 10.1. The van der Waals surface area contributed by atoms with Gasteiger partial charge in [0.15, 0.2) is 11.5 Å². The van der Waals surface area contributed by atoms with Gasteiger partial charge in [0, 0.05) is 22.9 Å². The second kappa shape index (κ2) is 7.51. The summed E-state index contributed by atoms with van der Waals surface area (Å²) in [7, 11) is 1.63. The van der Waals surface area contributed by atoms with E-state index in [0.29, 0.717) is 11.5 Å². The minimum absolute atomic E-state index is 0.180. The van der Waals surface area contributed by atoms with Gasteiger partial charge in [-0.1, -0.05) is 0 Å². The number of anilines is 1. The third kappa shape index (κ3) is 3.14. The average molecular weight is 406 g/mol. The number of methoxy groups -OCH3 is 1. The molecule has 0 unspecified atom stereocenters. The number of nitrogens with two attached hydrogens (primary N) is 1. The highest BCUT2D eigenvalue weighted by molar-refractivity contribution is 5.94. The first kappa shape index (κ1) is 19.4. The Bertz CT molecular complexity index is 1240. The molecule has 9 heteroatoms. The summed E-state index contributed by atoms with van der Waals surface area (Å²) in [4.78, 5) is 16.8. The number of ether oxygens (including phenoxy) is 2. The highest BCUT2D eigenvalue weighted by Gasteiger charge is 2.21. The van der Waals surface area contributed by atoms with Crippen molar-refractivity contribution in [3.8, 4) is 22.8 Å². The topological polar surface area (TPSA) is 110 Å². The normalized spacial score (nSPS) is 11.1. The molecule has 3 aromatic heterocycles. The van der Waals surface area contributed by atoms with Crippen LogP contribution in [-0.4, -0.2) is 44.1 Å². The average Bonchev–Trinajstić information content (AvgIpc) is 3.28. The fourth-order valence-corrected chi connectivity index (χ4v) is 3.31. The van der Waals surface area contributed by atoms with Gasteiger partial charge >= 0.3 is 5.97 Å². The van der Waals surface area contributed by atoms with E-state index in [-0.39, 0.29) is 18.0 Å². The lowest BCUT2D eigenvalue weighted by Crippen LogP contribution is -2.12. The molecule has 4 rings (SSSR count). The van der Waals surface area contributed by atoms with Crippen molar-refractivity contribution < 1.29 is 14.3 Å². The summed E-state index contributed by atoms with van der Waals surface area (Å²) in [5.41, 5.74) is 10.5. The van der Waals surface area contributed by atoms with Gasteiger partial charge in [0.05, 0.1) is 25.6 Å². The van der Waals surface area contributed by atoms with E-state index in [1.165, 1.54) is 10.9 Å². The number of nitrogen functional groups attached to an aromatic ring is 1. The summed E-state index contributed by atoms with van der Waals surface area (Å²) in [6.07, 6.45) is 1.40. The predicted molar refractivity (Wildman–Crippen MR) is 112 cm³/mol. The Morgan fingerprint density at radius 2 is 1.93 bits per heavy atom. The van der Waals surface area contributed by atoms with Gasteiger partial charge in [0.1, 0.15) is 17.1 Å². The zero-order chi connectivity index (χ0) is 21.4. The number of aryl methyl sites for hydroxylation is 2. The van der Waals surface area contributed by atoms with Crippen molar-refractivity contribution >= 4 is 17.4 Å². The van der Waals surface area contributed by atoms with Crippen molar-refractivity contribution in [2.45, 2.75) is 20.8 Å². The Hall–Kier alpha value is -3.88. The molecule has 3 heterocycles. The van der Waals surface area contributed by atoms with Gasteiger partial charge in [-0.2, -0.15) is 19.4 Å². The Kier molecular flexibility index (Phi) is 4.86. The first-order valence-corrected chi connectivity index (χ1v) is 9.47. The molecule has 0 aliphatic carbocycles. The van der Waals surface area contributed by atoms with Crippen molar-refractivity contribution in [3.63, 3.8) is 0 Å². The van der Waals surface area contributed by atoms with Crippen molar-refractivity contribution in [1.29, 1.82) is 0 Å². The third-order valence-electron chi connectivity index (χ3n) is 4.81. The van der Waals surface area contributed by atoms with E-state index >= 15 is 0 Å². The molecular weight excluding hydrogens is 384 g/mol. The van der Waals surface area contributed by atoms with Gasteiger partial charge < -0.3 is 15.2 Å². The zero-order valence-electron chi connectivity index (χ0n) is 17.2. The summed E-state index contributed by atoms with van der Waals surface area (Å²) in [5.74, 6) is 1.01. The van der Waals surface area contributed by atoms with E-state index in [4.69, 9.17) is 20.3 Å². The minimum Gasteiger partial charge on any atom is -0.497 e. The van der Waals surface area contributed by atoms with Crippen LogP contribution in [-0.2, 0) is 4.74 Å². The molecule has 0 saturated heterocycles. The fourth-order valence-electron chi connectivity index (χ4n) is 3.31. The molecule has 1 aromatic carbocycles. The van der Waals surface area contributed by atoms with Gasteiger partial charge in [-0.25, -0.2) is 9.78 Å². The van der Waals surface area contributed by atoms with E-state index in [1.807, 2.05) is 44.2 Å². The summed E-state index contributed by atoms with van der Waals surface area (Å²) >= 11 is 0. The molecule has 0 amide bonds. The highest BCUT2D eigenvalue weighted by atomic mass is 16.5. The van der Waals surface area contributed by atoms with Crippen LogP contribution in [0.4, 0.5) is 5.82 Å². The molecule has 9 nitrogen and oxygen atoms in total. The molecule has 0 bridgehead atoms. The fraction of sp³-hybridized carbons (Fsp3) is 0.238. The monoisotopic (exact) mass is 406 g/mol. The molecule has 0 spiro atoms. The second-order valence-corrected chi connectivity index (χ2v) is 6.77. The Morgan fingerprint density at radius 1 is 1.20 bits per heavy atom. The van der Waals surface area contributed by atoms with Crippen LogP contribution < -0.4 is 10.5 Å². The van der Waals surface area contributed by atoms with Crippen molar-refractivity contribution in [2.75, 3.05) is 19.5 Å². The number of carbonyl (C=O) groups excluding carboxylic acids is 1. The van der Waals surface area contributed by atoms with Gasteiger partial charge in [-0.3, -0.25) is 0 Å². The molecule has 0 radical (unpaired) electrons. The van der Waals surface area contributed by atoms with Gasteiger partial charge in [-0.05, 0) is 45.0 Å². The van der Waals surface area contributed by atoms with Gasteiger partial charge in [-0.15, -0.1) is 0 Å². The number of hydrogen-bond acceptors (Lipinski definition) is 7. The molecule has 0 fully saturated rings. The molecule has 0 saturated carbocycles. The third-order valence-corrected chi connectivity index (χ3v) is 4.81. The lowest BCUT2D eigenvalue weighted by Gasteiger charge is -2.08. The van der Waals surface area contributed by atoms with Crippen LogP contribution in [0.2, 0.25) is 0 Å². The van der Waals surface area contributed by atoms with E-state index in [0.717, 1.165) is 28.3 Å². The predicted octanol–water partition coefficient (Wildman–Crippen LogP) is 2.97. The SMILES string of the molecule is CCOC(=O)c1cnn(-c2cc(C)nc3c(C)c(-c4ccc(OC)cc4)nn23)c1N. The number of aromatic nitrogens is 5. The van der Waals surface area contributed by atoms with Crippen molar-refractivity contribution in [2.24, 2.45) is 0 Å². The Balaban J connectivity index is 1.89. The summed E-state index contributed by atoms with van der Waals surface area (Å²) in [6.45, 7) is 5.84. The van der Waals surface area contributed by atoms with Crippen LogP contribution in [0.15, 0.2) is 36.5 Å². The van der Waals surface area contributed by atoms with Crippen LogP contribution in [0.5, 0.6) is 5.75 Å². The Morgan fingerprint density at radius 3 is 2.60 bits per heavy atom. The molecule has 0 aliphatic rings. The van der Waals surface area contributed by atoms with Crippen LogP contribution in [0.3, 0.4) is 0 Å². The maximum Gasteiger partial charge on any atom is 0.343 e. The maximum absolute atomic E-state index is 12.1. The number of rotatable bonds is 5. The number of carbonyl (C=O) groups is 1. The zero-order valence-corrected chi connectivity index (χ0v) is 17.2. The minimum atomic E-state index is -0.515. The molecule has 4 aromatic rings. The standard InChI is InChI=1S/C21H22N6O3/c1-5-30-21(28)16-11-23-26(19(16)22)17-10-12(2)24-20-13(3)18(25-27(17)20)14-6-8-15(29-4)9-7-14/h6-11H,5,22H2,1-4H3. The van der Waals surface area contributed by atoms with Crippen molar-refractivity contribution in [1.82, 2.24) is 24.4 Å². The molecule has 154 valence electrons. The number of nitrogens with zero attached hydrogens (tertiary/aromatic N) is 5. The molecule has 0 aliphatic heterocycles. The van der Waals surface area contributed by atoms with E-state index in [9.17, 15) is 4.79 Å². The number of esters is 1. The quantitative estimate of drug-likeness (QED) is 0.507. The van der Waals surface area contributed by atoms with Gasteiger partial charge in [0.2, 0.25) is 0 Å². The number of fused-ring (bicyclic) bond motifs is 1. The van der Waals surface area contributed by atoms with Crippen LogP contribution in [0.25, 0.3) is 22.7 Å². The largest absolute Gasteiger partial charge is 0.497 e. The second-order valence-electron chi connectivity index (χ2n) is 6.77. The lowest BCUT2D eigenvalue weighted by molar-refractivity contribution is 0.0527. The first-order chi connectivity index (χ1) is 14.4. The number of benzene rings is 1. The van der Waals surface area contributed by atoms with Crippen LogP contribution in [0.1, 0.15) is 28.5 Å². The van der Waals surface area contributed by atoms with E-state index < -0.39 is 5.97 Å². The number of hydrogen-bond donors (Lipinski definition) is 1. The van der Waals surface area contributed by atoms with Crippen LogP contribution >= 0.6 is 0 Å². The Labute approximate surface area is 173 Å². The highest BCUT2D eigenvalue weighted by Crippen LogP contribution is 2.28.